The summed E-state index contributed by atoms with van der Waals surface area (Å²) in [6.07, 6.45) is 0.920. The van der Waals surface area contributed by atoms with Crippen LogP contribution in [0.25, 0.3) is 0 Å². The van der Waals surface area contributed by atoms with Gasteiger partial charge in [-0.05, 0) is 38.5 Å². The molecule has 0 bridgehead atoms. The smallest absolute Gasteiger partial charge is 0.256 e. The van der Waals surface area contributed by atoms with Crippen molar-refractivity contribution in [1.82, 2.24) is 4.90 Å². The van der Waals surface area contributed by atoms with E-state index in [4.69, 9.17) is 10.5 Å². The molecule has 0 aliphatic heterocycles. The van der Waals surface area contributed by atoms with Crippen molar-refractivity contribution in [3.8, 4) is 5.75 Å². The van der Waals surface area contributed by atoms with E-state index in [0.29, 0.717) is 23.5 Å². The Morgan fingerprint density at radius 3 is 2.61 bits per heavy atom. The summed E-state index contributed by atoms with van der Waals surface area (Å²) in [5.41, 5.74) is 6.88. The van der Waals surface area contributed by atoms with E-state index < -0.39 is 0 Å². The Bertz CT molecular complexity index is 418. The first kappa shape index (κ1) is 14.4. The maximum Gasteiger partial charge on any atom is 0.256 e. The maximum atomic E-state index is 12.5. The van der Waals surface area contributed by atoms with Gasteiger partial charge in [-0.15, -0.1) is 0 Å². The van der Waals surface area contributed by atoms with Gasteiger partial charge in [-0.25, -0.2) is 0 Å². The first-order valence-electron chi connectivity index (χ1n) is 6.29. The number of ether oxygens (including phenoxy) is 1. The second-order valence-electron chi connectivity index (χ2n) is 4.30. The lowest BCUT2D eigenvalue weighted by molar-refractivity contribution is 0.0700. The van der Waals surface area contributed by atoms with E-state index in [1.165, 1.54) is 0 Å². The largest absolute Gasteiger partial charge is 0.497 e. The van der Waals surface area contributed by atoms with Crippen LogP contribution in [0.15, 0.2) is 18.2 Å². The SMILES string of the molecule is CCC(C)N(CC)C(=O)c1cc(OC)ccc1N. The van der Waals surface area contributed by atoms with Crippen molar-refractivity contribution in [2.24, 2.45) is 0 Å². The number of benzene rings is 1. The van der Waals surface area contributed by atoms with E-state index in [-0.39, 0.29) is 11.9 Å². The molecule has 0 fully saturated rings. The summed E-state index contributed by atoms with van der Waals surface area (Å²) in [5.74, 6) is 0.607. The van der Waals surface area contributed by atoms with Crippen molar-refractivity contribution in [2.45, 2.75) is 33.2 Å². The zero-order valence-corrected chi connectivity index (χ0v) is 11.6. The standard InChI is InChI=1S/C14H22N2O2/c1-5-10(3)16(6-2)14(17)12-9-11(18-4)7-8-13(12)15/h7-10H,5-6,15H2,1-4H3. The molecule has 0 heterocycles. The van der Waals surface area contributed by atoms with Crippen LogP contribution in [0.3, 0.4) is 0 Å². The third-order valence-electron chi connectivity index (χ3n) is 3.22. The molecule has 1 atom stereocenters. The predicted molar refractivity (Wildman–Crippen MR) is 73.9 cm³/mol. The number of hydrogen-bond acceptors (Lipinski definition) is 3. The number of hydrogen-bond donors (Lipinski definition) is 1. The first-order valence-corrected chi connectivity index (χ1v) is 6.29. The van der Waals surface area contributed by atoms with Crippen molar-refractivity contribution >= 4 is 11.6 Å². The van der Waals surface area contributed by atoms with Crippen LogP contribution in [-0.2, 0) is 0 Å². The summed E-state index contributed by atoms with van der Waals surface area (Å²) in [4.78, 5) is 14.3. The molecule has 0 saturated carbocycles. The summed E-state index contributed by atoms with van der Waals surface area (Å²) < 4.78 is 5.13. The second-order valence-corrected chi connectivity index (χ2v) is 4.30. The van der Waals surface area contributed by atoms with Crippen molar-refractivity contribution in [3.63, 3.8) is 0 Å². The van der Waals surface area contributed by atoms with Crippen LogP contribution in [0.1, 0.15) is 37.6 Å². The fourth-order valence-electron chi connectivity index (χ4n) is 1.88. The van der Waals surface area contributed by atoms with Gasteiger partial charge in [0.2, 0.25) is 0 Å². The zero-order chi connectivity index (χ0) is 13.7. The predicted octanol–water partition coefficient (Wildman–Crippen LogP) is 2.54. The fourth-order valence-corrected chi connectivity index (χ4v) is 1.88. The van der Waals surface area contributed by atoms with Crippen LogP contribution in [-0.4, -0.2) is 30.5 Å². The van der Waals surface area contributed by atoms with Gasteiger partial charge in [0, 0.05) is 18.3 Å². The average Bonchev–Trinajstić information content (AvgIpc) is 2.39. The second kappa shape index (κ2) is 6.28. The summed E-state index contributed by atoms with van der Waals surface area (Å²) in [7, 11) is 1.58. The molecule has 100 valence electrons. The van der Waals surface area contributed by atoms with Crippen LogP contribution < -0.4 is 10.5 Å². The monoisotopic (exact) mass is 250 g/mol. The van der Waals surface area contributed by atoms with Crippen molar-refractivity contribution in [1.29, 1.82) is 0 Å². The number of nitrogens with two attached hydrogens (primary N) is 1. The van der Waals surface area contributed by atoms with E-state index in [1.54, 1.807) is 25.3 Å². The van der Waals surface area contributed by atoms with Gasteiger partial charge in [-0.3, -0.25) is 4.79 Å². The molecule has 4 nitrogen and oxygen atoms in total. The third-order valence-corrected chi connectivity index (χ3v) is 3.22. The van der Waals surface area contributed by atoms with Crippen LogP contribution in [0.4, 0.5) is 5.69 Å². The van der Waals surface area contributed by atoms with E-state index in [9.17, 15) is 4.79 Å². The van der Waals surface area contributed by atoms with Gasteiger partial charge in [0.1, 0.15) is 5.75 Å². The van der Waals surface area contributed by atoms with Gasteiger partial charge < -0.3 is 15.4 Å². The van der Waals surface area contributed by atoms with Crippen LogP contribution in [0.5, 0.6) is 5.75 Å². The minimum atomic E-state index is -0.0387. The molecule has 2 N–H and O–H groups in total. The molecule has 0 aromatic heterocycles. The molecule has 0 aliphatic carbocycles. The topological polar surface area (TPSA) is 55.6 Å². The van der Waals surface area contributed by atoms with Crippen molar-refractivity contribution in [2.75, 3.05) is 19.4 Å². The number of carbonyl (C=O) groups is 1. The van der Waals surface area contributed by atoms with Gasteiger partial charge in [0.15, 0.2) is 0 Å². The molecule has 1 unspecified atom stereocenters. The van der Waals surface area contributed by atoms with Gasteiger partial charge in [-0.2, -0.15) is 0 Å². The molecular formula is C14H22N2O2. The average molecular weight is 250 g/mol. The van der Waals surface area contributed by atoms with Crippen LogP contribution in [0.2, 0.25) is 0 Å². The van der Waals surface area contributed by atoms with Crippen LogP contribution in [0, 0.1) is 0 Å². The highest BCUT2D eigenvalue weighted by Crippen LogP contribution is 2.22. The van der Waals surface area contributed by atoms with Crippen molar-refractivity contribution < 1.29 is 9.53 Å². The molecule has 1 rings (SSSR count). The Morgan fingerprint density at radius 2 is 2.11 bits per heavy atom. The molecule has 18 heavy (non-hydrogen) atoms. The normalized spacial score (nSPS) is 12.0. The minimum absolute atomic E-state index is 0.0387. The summed E-state index contributed by atoms with van der Waals surface area (Å²) in [5, 5.41) is 0. The van der Waals surface area contributed by atoms with E-state index >= 15 is 0 Å². The lowest BCUT2D eigenvalue weighted by Crippen LogP contribution is -2.38. The molecule has 1 aromatic carbocycles. The minimum Gasteiger partial charge on any atom is -0.497 e. The van der Waals surface area contributed by atoms with E-state index in [2.05, 4.69) is 6.92 Å². The zero-order valence-electron chi connectivity index (χ0n) is 11.6. The van der Waals surface area contributed by atoms with Gasteiger partial charge in [0.25, 0.3) is 5.91 Å². The summed E-state index contributed by atoms with van der Waals surface area (Å²) >= 11 is 0. The number of nitrogens with zero attached hydrogens (tertiary/aromatic N) is 1. The lowest BCUT2D eigenvalue weighted by Gasteiger charge is -2.27. The van der Waals surface area contributed by atoms with Crippen LogP contribution >= 0.6 is 0 Å². The number of nitrogen functional groups attached to an aromatic ring is 1. The van der Waals surface area contributed by atoms with Gasteiger partial charge >= 0.3 is 0 Å². The first-order chi connectivity index (χ1) is 8.54. The molecule has 1 amide bonds. The Balaban J connectivity index is 3.08. The highest BCUT2D eigenvalue weighted by Gasteiger charge is 2.21. The quantitative estimate of drug-likeness (QED) is 0.817. The van der Waals surface area contributed by atoms with Gasteiger partial charge in [0.05, 0.1) is 12.7 Å². The summed E-state index contributed by atoms with van der Waals surface area (Å²) in [6.45, 7) is 6.75. The molecule has 0 spiro atoms. The Morgan fingerprint density at radius 1 is 1.44 bits per heavy atom. The number of anilines is 1. The van der Waals surface area contributed by atoms with E-state index in [1.807, 2.05) is 18.7 Å². The van der Waals surface area contributed by atoms with Gasteiger partial charge in [-0.1, -0.05) is 6.92 Å². The van der Waals surface area contributed by atoms with Crippen molar-refractivity contribution in [3.05, 3.63) is 23.8 Å². The number of methoxy groups -OCH3 is 1. The maximum absolute atomic E-state index is 12.5. The molecule has 1 aromatic rings. The molecule has 0 radical (unpaired) electrons. The Labute approximate surface area is 109 Å². The molecule has 0 saturated heterocycles. The Kier molecular flexibility index (Phi) is 5.01. The molecule has 4 heteroatoms. The van der Waals surface area contributed by atoms with E-state index in [0.717, 1.165) is 6.42 Å². The number of rotatable bonds is 5. The molecule has 0 aliphatic rings. The highest BCUT2D eigenvalue weighted by molar-refractivity contribution is 5.99. The number of amides is 1. The molecular weight excluding hydrogens is 228 g/mol. The number of carbonyl (C=O) groups excluding carboxylic acids is 1. The fraction of sp³-hybridized carbons (Fsp3) is 0.500. The summed E-state index contributed by atoms with van der Waals surface area (Å²) in [6, 6.07) is 5.36. The highest BCUT2D eigenvalue weighted by atomic mass is 16.5. The lowest BCUT2D eigenvalue weighted by atomic mass is 10.1. The third kappa shape index (κ3) is 2.94. The Hall–Kier alpha value is -1.71.